The maximum Gasteiger partial charge on any atom is 0.185 e. The van der Waals surface area contributed by atoms with Crippen LogP contribution in [0.25, 0.3) is 0 Å². The minimum absolute atomic E-state index is 0.0435. The van der Waals surface area contributed by atoms with E-state index in [1.165, 1.54) is 0 Å². The molecule has 21 heavy (non-hydrogen) atoms. The van der Waals surface area contributed by atoms with Gasteiger partial charge in [0.25, 0.3) is 0 Å². The summed E-state index contributed by atoms with van der Waals surface area (Å²) in [7, 11) is 1.87. The maximum atomic E-state index is 10.0. The molecule has 6 heteroatoms. The predicted molar refractivity (Wildman–Crippen MR) is 85.2 cm³/mol. The van der Waals surface area contributed by atoms with Crippen molar-refractivity contribution in [3.63, 3.8) is 0 Å². The lowest BCUT2D eigenvalue weighted by atomic mass is 9.92. The molecule has 0 radical (unpaired) electrons. The third kappa shape index (κ3) is 3.84. The molecule has 2 N–H and O–H groups in total. The fourth-order valence-corrected chi connectivity index (χ4v) is 3.25. The van der Waals surface area contributed by atoms with Gasteiger partial charge in [0.1, 0.15) is 6.33 Å². The summed E-state index contributed by atoms with van der Waals surface area (Å²) in [5.74, 6) is 0.694. The van der Waals surface area contributed by atoms with Crippen LogP contribution in [-0.2, 0) is 12.6 Å². The van der Waals surface area contributed by atoms with E-state index in [0.29, 0.717) is 5.75 Å². The lowest BCUT2D eigenvalue weighted by Gasteiger charge is -2.33. The van der Waals surface area contributed by atoms with Crippen LogP contribution in [0, 0.1) is 0 Å². The minimum atomic E-state index is -0.464. The average Bonchev–Trinajstić information content (AvgIpc) is 2.94. The molecule has 5 nitrogen and oxygen atoms in total. The second kappa shape index (κ2) is 7.59. The Balaban J connectivity index is 2.20. The van der Waals surface area contributed by atoms with Crippen LogP contribution in [0.1, 0.15) is 18.9 Å². The van der Waals surface area contributed by atoms with E-state index in [1.54, 1.807) is 22.8 Å². The number of hydrogen-bond acceptors (Lipinski definition) is 5. The zero-order chi connectivity index (χ0) is 15.1. The van der Waals surface area contributed by atoms with Crippen LogP contribution in [-0.4, -0.2) is 38.8 Å². The smallest absolute Gasteiger partial charge is 0.185 e. The van der Waals surface area contributed by atoms with Gasteiger partial charge in [0, 0.05) is 12.8 Å². The standard InChI is InChI=1S/C15H22N4OS/c1-3-9-17-15(10-20,13-7-5-4-6-8-13)11-21-14-16-12-18-19(14)2/h4-8,12,17,20H,3,9-11H2,1-2H3. The molecule has 1 unspecified atom stereocenters. The molecule has 2 aromatic rings. The van der Waals surface area contributed by atoms with Gasteiger partial charge in [-0.05, 0) is 18.5 Å². The average molecular weight is 306 g/mol. The summed E-state index contributed by atoms with van der Waals surface area (Å²) >= 11 is 1.60. The van der Waals surface area contributed by atoms with E-state index in [4.69, 9.17) is 0 Å². The van der Waals surface area contributed by atoms with Gasteiger partial charge in [-0.15, -0.1) is 0 Å². The van der Waals surface area contributed by atoms with Crippen molar-refractivity contribution in [1.29, 1.82) is 0 Å². The molecule has 1 aromatic heterocycles. The summed E-state index contributed by atoms with van der Waals surface area (Å²) in [4.78, 5) is 4.23. The number of nitrogens with one attached hydrogen (secondary N) is 1. The SMILES string of the molecule is CCCNC(CO)(CSc1ncnn1C)c1ccccc1. The molecule has 0 aliphatic carbocycles. The van der Waals surface area contributed by atoms with Crippen LogP contribution >= 0.6 is 11.8 Å². The summed E-state index contributed by atoms with van der Waals surface area (Å²) in [6.07, 6.45) is 2.56. The van der Waals surface area contributed by atoms with E-state index < -0.39 is 5.54 Å². The Morgan fingerprint density at radius 3 is 2.67 bits per heavy atom. The Hall–Kier alpha value is -1.37. The molecule has 114 valence electrons. The molecule has 0 fully saturated rings. The Morgan fingerprint density at radius 2 is 2.10 bits per heavy atom. The van der Waals surface area contributed by atoms with Crippen LogP contribution in [0.3, 0.4) is 0 Å². The van der Waals surface area contributed by atoms with Gasteiger partial charge in [0.2, 0.25) is 0 Å². The number of thioether (sulfide) groups is 1. The molecule has 0 saturated carbocycles. The normalized spacial score (nSPS) is 14.0. The molecule has 0 bridgehead atoms. The topological polar surface area (TPSA) is 63.0 Å². The van der Waals surface area contributed by atoms with E-state index in [0.717, 1.165) is 23.7 Å². The third-order valence-electron chi connectivity index (χ3n) is 3.43. The summed E-state index contributed by atoms with van der Waals surface area (Å²) in [5.41, 5.74) is 0.629. The molecule has 0 aliphatic heterocycles. The Kier molecular flexibility index (Phi) is 5.78. The van der Waals surface area contributed by atoms with Crippen molar-refractivity contribution >= 4 is 11.8 Å². The molecule has 0 spiro atoms. The second-order valence-electron chi connectivity index (χ2n) is 4.99. The van der Waals surface area contributed by atoms with Gasteiger partial charge in [-0.25, -0.2) is 9.67 Å². The lowest BCUT2D eigenvalue weighted by Crippen LogP contribution is -2.48. The van der Waals surface area contributed by atoms with Gasteiger partial charge in [-0.2, -0.15) is 5.10 Å². The highest BCUT2D eigenvalue weighted by molar-refractivity contribution is 7.99. The van der Waals surface area contributed by atoms with Crippen LogP contribution in [0.5, 0.6) is 0 Å². The molecule has 0 amide bonds. The highest BCUT2D eigenvalue weighted by Crippen LogP contribution is 2.28. The van der Waals surface area contributed by atoms with E-state index in [1.807, 2.05) is 25.2 Å². The summed E-state index contributed by atoms with van der Waals surface area (Å²) in [6.45, 7) is 3.02. The quantitative estimate of drug-likeness (QED) is 0.728. The van der Waals surface area contributed by atoms with Gasteiger partial charge in [-0.3, -0.25) is 0 Å². The number of aliphatic hydroxyl groups excluding tert-OH is 1. The lowest BCUT2D eigenvalue weighted by molar-refractivity contribution is 0.179. The first-order valence-electron chi connectivity index (χ1n) is 7.10. The van der Waals surface area contributed by atoms with Crippen molar-refractivity contribution < 1.29 is 5.11 Å². The predicted octanol–water partition coefficient (Wildman–Crippen LogP) is 1.79. The van der Waals surface area contributed by atoms with Crippen molar-refractivity contribution in [2.75, 3.05) is 18.9 Å². The third-order valence-corrected chi connectivity index (χ3v) is 4.69. The van der Waals surface area contributed by atoms with Crippen LogP contribution in [0.2, 0.25) is 0 Å². The van der Waals surface area contributed by atoms with Crippen LogP contribution in [0.15, 0.2) is 41.8 Å². The number of benzene rings is 1. The number of hydrogen-bond donors (Lipinski definition) is 2. The molecule has 0 saturated heterocycles. The number of aromatic nitrogens is 3. The first-order chi connectivity index (χ1) is 10.2. The highest BCUT2D eigenvalue weighted by atomic mass is 32.2. The maximum absolute atomic E-state index is 10.0. The van der Waals surface area contributed by atoms with E-state index in [2.05, 4.69) is 34.5 Å². The molecule has 1 atom stereocenters. The highest BCUT2D eigenvalue weighted by Gasteiger charge is 2.31. The van der Waals surface area contributed by atoms with Gasteiger partial charge in [0.15, 0.2) is 5.16 Å². The van der Waals surface area contributed by atoms with Crippen molar-refractivity contribution in [2.45, 2.75) is 24.0 Å². The fourth-order valence-electron chi connectivity index (χ4n) is 2.15. The zero-order valence-corrected chi connectivity index (χ0v) is 13.3. The van der Waals surface area contributed by atoms with Crippen molar-refractivity contribution in [1.82, 2.24) is 20.1 Å². The summed E-state index contributed by atoms with van der Waals surface area (Å²) < 4.78 is 1.75. The summed E-state index contributed by atoms with van der Waals surface area (Å²) in [6, 6.07) is 10.1. The molecule has 2 rings (SSSR count). The van der Waals surface area contributed by atoms with Gasteiger partial charge >= 0.3 is 0 Å². The molecule has 1 heterocycles. The van der Waals surface area contributed by atoms with Crippen molar-refractivity contribution in [3.8, 4) is 0 Å². The number of aliphatic hydroxyl groups is 1. The minimum Gasteiger partial charge on any atom is -0.394 e. The van der Waals surface area contributed by atoms with E-state index >= 15 is 0 Å². The first-order valence-corrected chi connectivity index (χ1v) is 8.08. The van der Waals surface area contributed by atoms with Crippen molar-refractivity contribution in [3.05, 3.63) is 42.2 Å². The van der Waals surface area contributed by atoms with E-state index in [9.17, 15) is 5.11 Å². The Bertz CT molecular complexity index is 546. The number of nitrogens with zero attached hydrogens (tertiary/aromatic N) is 3. The number of rotatable bonds is 8. The summed E-state index contributed by atoms with van der Waals surface area (Å²) in [5, 5.41) is 18.5. The van der Waals surface area contributed by atoms with Gasteiger partial charge in [0.05, 0.1) is 12.1 Å². The Labute approximate surface area is 129 Å². The van der Waals surface area contributed by atoms with Crippen LogP contribution < -0.4 is 5.32 Å². The van der Waals surface area contributed by atoms with E-state index in [-0.39, 0.29) is 6.61 Å². The largest absolute Gasteiger partial charge is 0.394 e. The van der Waals surface area contributed by atoms with Gasteiger partial charge < -0.3 is 10.4 Å². The zero-order valence-electron chi connectivity index (χ0n) is 12.5. The molecular weight excluding hydrogens is 284 g/mol. The Morgan fingerprint density at radius 1 is 1.33 bits per heavy atom. The van der Waals surface area contributed by atoms with Gasteiger partial charge in [-0.1, -0.05) is 49.0 Å². The second-order valence-corrected chi connectivity index (χ2v) is 5.93. The first kappa shape index (κ1) is 16.0. The molecule has 0 aliphatic rings. The number of aryl methyl sites for hydroxylation is 1. The molecule has 1 aromatic carbocycles. The van der Waals surface area contributed by atoms with Crippen molar-refractivity contribution in [2.24, 2.45) is 7.05 Å². The fraction of sp³-hybridized carbons (Fsp3) is 0.467. The molecular formula is C15H22N4OS. The monoisotopic (exact) mass is 306 g/mol. The van der Waals surface area contributed by atoms with Crippen LogP contribution in [0.4, 0.5) is 0 Å².